The van der Waals surface area contributed by atoms with Gasteiger partial charge < -0.3 is 0 Å². The molecule has 0 saturated carbocycles. The van der Waals surface area contributed by atoms with Crippen LogP contribution in [0.15, 0.2) is 29.6 Å². The van der Waals surface area contributed by atoms with Gasteiger partial charge in [-0.05, 0) is 0 Å². The SMILES string of the molecule is [Li+].[c-]1scc2ccccc12. The van der Waals surface area contributed by atoms with Crippen molar-refractivity contribution >= 4 is 22.1 Å². The normalized spacial score (nSPS) is 9.20. The van der Waals surface area contributed by atoms with Crippen LogP contribution in [-0.4, -0.2) is 0 Å². The standard InChI is InChI=1S/C8H5S.Li/c1-2-4-8-6-9-5-7(8)3-1;/h1-5H;/q-1;+1. The second-order valence-corrected chi connectivity index (χ2v) is 2.60. The van der Waals surface area contributed by atoms with Crippen molar-refractivity contribution in [1.82, 2.24) is 0 Å². The van der Waals surface area contributed by atoms with E-state index in [2.05, 4.69) is 22.9 Å². The van der Waals surface area contributed by atoms with Gasteiger partial charge in [0.15, 0.2) is 0 Å². The average Bonchev–Trinajstić information content (AvgIpc) is 2.33. The molecule has 2 rings (SSSR count). The van der Waals surface area contributed by atoms with E-state index in [1.54, 1.807) is 11.3 Å². The summed E-state index contributed by atoms with van der Waals surface area (Å²) >= 11 is 1.63. The van der Waals surface area contributed by atoms with E-state index in [4.69, 9.17) is 0 Å². The fourth-order valence-electron chi connectivity index (χ4n) is 0.849. The third-order valence-electron chi connectivity index (χ3n) is 1.32. The van der Waals surface area contributed by atoms with Gasteiger partial charge in [0.2, 0.25) is 0 Å². The zero-order valence-electron chi connectivity index (χ0n) is 5.79. The summed E-state index contributed by atoms with van der Waals surface area (Å²) in [5, 5.41) is 7.79. The molecule has 1 aromatic heterocycles. The molecule has 2 aromatic rings. The van der Waals surface area contributed by atoms with Crippen LogP contribution in [0.1, 0.15) is 0 Å². The quantitative estimate of drug-likeness (QED) is 0.348. The predicted molar refractivity (Wildman–Crippen MR) is 40.7 cm³/mol. The molecule has 0 bridgehead atoms. The van der Waals surface area contributed by atoms with E-state index in [1.165, 1.54) is 10.8 Å². The molecule has 0 aliphatic rings. The van der Waals surface area contributed by atoms with Crippen molar-refractivity contribution in [3.63, 3.8) is 0 Å². The van der Waals surface area contributed by atoms with E-state index >= 15 is 0 Å². The van der Waals surface area contributed by atoms with Crippen LogP contribution in [0.2, 0.25) is 0 Å². The molecule has 0 spiro atoms. The summed E-state index contributed by atoms with van der Waals surface area (Å²) in [5.41, 5.74) is 0. The van der Waals surface area contributed by atoms with Crippen LogP contribution in [0.3, 0.4) is 0 Å². The number of hydrogen-bond donors (Lipinski definition) is 0. The molecule has 2 heteroatoms. The van der Waals surface area contributed by atoms with Crippen molar-refractivity contribution in [3.8, 4) is 0 Å². The Morgan fingerprint density at radius 3 is 2.80 bits per heavy atom. The molecule has 0 aliphatic heterocycles. The van der Waals surface area contributed by atoms with Crippen molar-refractivity contribution < 1.29 is 18.9 Å². The van der Waals surface area contributed by atoms with Gasteiger partial charge in [0.25, 0.3) is 0 Å². The Morgan fingerprint density at radius 1 is 1.20 bits per heavy atom. The van der Waals surface area contributed by atoms with Gasteiger partial charge in [-0.1, -0.05) is 11.4 Å². The molecule has 1 aromatic carbocycles. The first-order chi connectivity index (χ1) is 4.47. The molecule has 0 fully saturated rings. The Bertz CT molecular complexity index is 283. The topological polar surface area (TPSA) is 0 Å². The van der Waals surface area contributed by atoms with Gasteiger partial charge in [-0.15, -0.1) is 34.4 Å². The van der Waals surface area contributed by atoms with Gasteiger partial charge in [-0.3, -0.25) is 11.3 Å². The van der Waals surface area contributed by atoms with E-state index in [-0.39, 0.29) is 18.9 Å². The van der Waals surface area contributed by atoms with Gasteiger partial charge in [0.05, 0.1) is 0 Å². The molecule has 0 N–H and O–H groups in total. The third kappa shape index (κ3) is 1.27. The van der Waals surface area contributed by atoms with Crippen LogP contribution >= 0.6 is 11.3 Å². The fourth-order valence-corrected chi connectivity index (χ4v) is 1.55. The predicted octanol–water partition coefficient (Wildman–Crippen LogP) is -0.295. The fraction of sp³-hybridized carbons (Fsp3) is 0. The largest absolute Gasteiger partial charge is 1.00 e. The van der Waals surface area contributed by atoms with Crippen molar-refractivity contribution in [2.75, 3.05) is 0 Å². The maximum absolute atomic E-state index is 3.16. The molecule has 10 heavy (non-hydrogen) atoms. The minimum Gasteiger partial charge on any atom is -0.264 e. The summed E-state index contributed by atoms with van der Waals surface area (Å²) in [6.45, 7) is 0. The van der Waals surface area contributed by atoms with E-state index in [0.29, 0.717) is 0 Å². The van der Waals surface area contributed by atoms with Crippen LogP contribution in [-0.2, 0) is 0 Å². The summed E-state index contributed by atoms with van der Waals surface area (Å²) in [7, 11) is 0. The molecule has 1 heterocycles. The van der Waals surface area contributed by atoms with Crippen LogP contribution in [0, 0.1) is 5.38 Å². The van der Waals surface area contributed by atoms with Gasteiger partial charge in [-0.25, -0.2) is 0 Å². The van der Waals surface area contributed by atoms with Gasteiger partial charge >= 0.3 is 18.9 Å². The van der Waals surface area contributed by atoms with Crippen LogP contribution in [0.4, 0.5) is 0 Å². The summed E-state index contributed by atoms with van der Waals surface area (Å²) in [4.78, 5) is 0. The summed E-state index contributed by atoms with van der Waals surface area (Å²) in [6.07, 6.45) is 0. The monoisotopic (exact) mass is 140 g/mol. The van der Waals surface area contributed by atoms with Crippen molar-refractivity contribution in [3.05, 3.63) is 35.0 Å². The zero-order valence-corrected chi connectivity index (χ0v) is 6.61. The smallest absolute Gasteiger partial charge is 0.264 e. The Labute approximate surface area is 76.1 Å². The molecule has 0 aliphatic carbocycles. The van der Waals surface area contributed by atoms with Crippen molar-refractivity contribution in [2.45, 2.75) is 0 Å². The second-order valence-electron chi connectivity index (χ2n) is 1.93. The molecule has 0 nitrogen and oxygen atoms in total. The Morgan fingerprint density at radius 2 is 2.00 bits per heavy atom. The number of thiophene rings is 1. The number of fused-ring (bicyclic) bond motifs is 1. The molecular formula is C8H5LiS. The summed E-state index contributed by atoms with van der Waals surface area (Å²) in [6, 6.07) is 8.25. The molecule has 0 amide bonds. The first kappa shape index (κ1) is 7.88. The molecule has 0 radical (unpaired) electrons. The van der Waals surface area contributed by atoms with Crippen LogP contribution < -0.4 is 18.9 Å². The van der Waals surface area contributed by atoms with Gasteiger partial charge in [-0.2, -0.15) is 0 Å². The van der Waals surface area contributed by atoms with Crippen LogP contribution in [0.25, 0.3) is 10.8 Å². The molecule has 0 saturated heterocycles. The molecule has 0 atom stereocenters. The summed E-state index contributed by atoms with van der Waals surface area (Å²) in [5.74, 6) is 0. The van der Waals surface area contributed by atoms with Crippen molar-refractivity contribution in [2.24, 2.45) is 0 Å². The zero-order chi connectivity index (χ0) is 6.10. The first-order valence-electron chi connectivity index (χ1n) is 2.81. The number of benzene rings is 1. The van der Waals surface area contributed by atoms with Gasteiger partial charge in [0, 0.05) is 0 Å². The van der Waals surface area contributed by atoms with E-state index in [0.717, 1.165) is 0 Å². The van der Waals surface area contributed by atoms with Gasteiger partial charge in [0.1, 0.15) is 0 Å². The Balaban J connectivity index is 0.000000500. The maximum atomic E-state index is 3.16. The summed E-state index contributed by atoms with van der Waals surface area (Å²) < 4.78 is 0. The maximum Gasteiger partial charge on any atom is 1.00 e. The van der Waals surface area contributed by atoms with E-state index in [9.17, 15) is 0 Å². The minimum absolute atomic E-state index is 0. The second kappa shape index (κ2) is 3.25. The van der Waals surface area contributed by atoms with E-state index in [1.807, 2.05) is 12.1 Å². The molecule has 0 unspecified atom stereocenters. The van der Waals surface area contributed by atoms with Crippen molar-refractivity contribution in [1.29, 1.82) is 0 Å². The average molecular weight is 140 g/mol. The molecular weight excluding hydrogens is 135 g/mol. The first-order valence-corrected chi connectivity index (χ1v) is 3.69. The van der Waals surface area contributed by atoms with E-state index < -0.39 is 0 Å². The molecule has 44 valence electrons. The Hall–Kier alpha value is -0.223. The Kier molecular flexibility index (Phi) is 2.56. The minimum atomic E-state index is 0. The third-order valence-corrected chi connectivity index (χ3v) is 2.03. The number of hydrogen-bond acceptors (Lipinski definition) is 1. The number of rotatable bonds is 0. The van der Waals surface area contributed by atoms with Crippen LogP contribution in [0.5, 0.6) is 0 Å².